The fraction of sp³-hybridized carbons (Fsp3) is 0.444. The van der Waals surface area contributed by atoms with Crippen LogP contribution in [0.2, 0.25) is 0 Å². The zero-order chi connectivity index (χ0) is 8.55. The van der Waals surface area contributed by atoms with E-state index >= 15 is 0 Å². The molecule has 0 spiro atoms. The first-order chi connectivity index (χ1) is 5.77. The average Bonchev–Trinajstić information content (AvgIpc) is 2.07. The van der Waals surface area contributed by atoms with Crippen LogP contribution in [0.25, 0.3) is 0 Å². The Morgan fingerprint density at radius 3 is 2.92 bits per heavy atom. The summed E-state index contributed by atoms with van der Waals surface area (Å²) in [4.78, 5) is 11.0. The van der Waals surface area contributed by atoms with E-state index in [2.05, 4.69) is 0 Å². The van der Waals surface area contributed by atoms with Crippen molar-refractivity contribution in [3.8, 4) is 0 Å². The largest absolute Gasteiger partial charge is 0.426 e. The fourth-order valence-corrected chi connectivity index (χ4v) is 1.59. The lowest BCUT2D eigenvalue weighted by atomic mass is 9.97. The third-order valence-corrected chi connectivity index (χ3v) is 2.24. The molecule has 0 aromatic carbocycles. The van der Waals surface area contributed by atoms with Crippen molar-refractivity contribution < 1.29 is 4.42 Å². The Balaban J connectivity index is 2.56. The Labute approximate surface area is 70.2 Å². The minimum atomic E-state index is -0.393. The van der Waals surface area contributed by atoms with Crippen molar-refractivity contribution in [2.75, 3.05) is 5.73 Å². The van der Waals surface area contributed by atoms with Gasteiger partial charge >= 0.3 is 5.63 Å². The molecule has 3 heteroatoms. The number of aryl methyl sites for hydroxylation is 2. The molecule has 1 heterocycles. The van der Waals surface area contributed by atoms with Gasteiger partial charge in [-0.05, 0) is 30.9 Å². The highest BCUT2D eigenvalue weighted by Gasteiger charge is 2.13. The predicted octanol–water partition coefficient (Wildman–Crippen LogP) is 1.10. The maximum atomic E-state index is 11.0. The average molecular weight is 165 g/mol. The number of fused-ring (bicyclic) bond motifs is 1. The van der Waals surface area contributed by atoms with E-state index in [0.717, 1.165) is 30.6 Å². The molecular formula is C9H11NO2. The summed E-state index contributed by atoms with van der Waals surface area (Å²) in [7, 11) is 0. The van der Waals surface area contributed by atoms with Crippen LogP contribution in [-0.4, -0.2) is 0 Å². The Bertz CT molecular complexity index is 354. The fourth-order valence-electron chi connectivity index (χ4n) is 1.59. The molecule has 0 bridgehead atoms. The first-order valence-electron chi connectivity index (χ1n) is 4.19. The minimum Gasteiger partial charge on any atom is -0.426 e. The molecule has 0 radical (unpaired) electrons. The van der Waals surface area contributed by atoms with E-state index < -0.39 is 5.63 Å². The zero-order valence-corrected chi connectivity index (χ0v) is 6.80. The molecule has 1 aliphatic carbocycles. The van der Waals surface area contributed by atoms with E-state index in [9.17, 15) is 4.79 Å². The highest BCUT2D eigenvalue weighted by molar-refractivity contribution is 5.38. The molecule has 0 saturated heterocycles. The lowest BCUT2D eigenvalue weighted by molar-refractivity contribution is 0.430. The SMILES string of the molecule is Nc1cc2c(oc1=O)CCCC2. The van der Waals surface area contributed by atoms with Crippen molar-refractivity contribution in [2.45, 2.75) is 25.7 Å². The van der Waals surface area contributed by atoms with Gasteiger partial charge in [0.25, 0.3) is 0 Å². The molecule has 0 saturated carbocycles. The summed E-state index contributed by atoms with van der Waals surface area (Å²) < 4.78 is 5.05. The Morgan fingerprint density at radius 2 is 2.08 bits per heavy atom. The summed E-state index contributed by atoms with van der Waals surface area (Å²) in [6.45, 7) is 0. The van der Waals surface area contributed by atoms with E-state index in [-0.39, 0.29) is 5.69 Å². The molecular weight excluding hydrogens is 154 g/mol. The smallest absolute Gasteiger partial charge is 0.359 e. The molecule has 1 aromatic rings. The van der Waals surface area contributed by atoms with Gasteiger partial charge in [-0.3, -0.25) is 0 Å². The van der Waals surface area contributed by atoms with Crippen molar-refractivity contribution in [3.05, 3.63) is 27.8 Å². The van der Waals surface area contributed by atoms with E-state index in [4.69, 9.17) is 10.2 Å². The summed E-state index contributed by atoms with van der Waals surface area (Å²) in [6, 6.07) is 1.75. The maximum absolute atomic E-state index is 11.0. The minimum absolute atomic E-state index is 0.232. The second kappa shape index (κ2) is 2.66. The topological polar surface area (TPSA) is 56.2 Å². The Morgan fingerprint density at radius 1 is 1.33 bits per heavy atom. The van der Waals surface area contributed by atoms with Crippen LogP contribution in [0.3, 0.4) is 0 Å². The lowest BCUT2D eigenvalue weighted by Crippen LogP contribution is -2.12. The molecule has 0 fully saturated rings. The summed E-state index contributed by atoms with van der Waals surface area (Å²) in [6.07, 6.45) is 4.15. The molecule has 1 aromatic heterocycles. The maximum Gasteiger partial charge on any atom is 0.359 e. The highest BCUT2D eigenvalue weighted by Crippen LogP contribution is 2.20. The van der Waals surface area contributed by atoms with Gasteiger partial charge in [0.15, 0.2) is 0 Å². The van der Waals surface area contributed by atoms with Gasteiger partial charge in [-0.15, -0.1) is 0 Å². The lowest BCUT2D eigenvalue weighted by Gasteiger charge is -2.12. The van der Waals surface area contributed by atoms with Crippen LogP contribution in [0.15, 0.2) is 15.3 Å². The molecule has 0 amide bonds. The van der Waals surface area contributed by atoms with E-state index in [1.807, 2.05) is 0 Å². The van der Waals surface area contributed by atoms with Crippen LogP contribution in [0.1, 0.15) is 24.2 Å². The third-order valence-electron chi connectivity index (χ3n) is 2.24. The normalized spacial score (nSPS) is 15.7. The van der Waals surface area contributed by atoms with Crippen LogP contribution < -0.4 is 11.4 Å². The van der Waals surface area contributed by atoms with Gasteiger partial charge in [0.05, 0.1) is 0 Å². The molecule has 64 valence electrons. The van der Waals surface area contributed by atoms with Crippen LogP contribution in [0.4, 0.5) is 5.69 Å². The Hall–Kier alpha value is -1.25. The summed E-state index contributed by atoms with van der Waals surface area (Å²) in [5.41, 5.74) is 6.39. The number of hydrogen-bond donors (Lipinski definition) is 1. The van der Waals surface area contributed by atoms with Crippen molar-refractivity contribution in [1.82, 2.24) is 0 Å². The summed E-state index contributed by atoms with van der Waals surface area (Å²) in [5, 5.41) is 0. The van der Waals surface area contributed by atoms with Crippen LogP contribution in [0.5, 0.6) is 0 Å². The van der Waals surface area contributed by atoms with Gasteiger partial charge in [0, 0.05) is 6.42 Å². The van der Waals surface area contributed by atoms with Crippen LogP contribution in [0, 0.1) is 0 Å². The Kier molecular flexibility index (Phi) is 1.64. The van der Waals surface area contributed by atoms with E-state index in [1.165, 1.54) is 6.42 Å². The number of nitrogens with two attached hydrogens (primary N) is 1. The number of anilines is 1. The van der Waals surface area contributed by atoms with Crippen molar-refractivity contribution in [2.24, 2.45) is 0 Å². The van der Waals surface area contributed by atoms with Gasteiger partial charge in [0.2, 0.25) is 0 Å². The molecule has 2 N–H and O–H groups in total. The van der Waals surface area contributed by atoms with Gasteiger partial charge in [-0.1, -0.05) is 0 Å². The van der Waals surface area contributed by atoms with E-state index in [0.29, 0.717) is 0 Å². The van der Waals surface area contributed by atoms with Crippen molar-refractivity contribution in [1.29, 1.82) is 0 Å². The predicted molar refractivity (Wildman–Crippen MR) is 46.0 cm³/mol. The van der Waals surface area contributed by atoms with Gasteiger partial charge in [-0.2, -0.15) is 0 Å². The summed E-state index contributed by atoms with van der Waals surface area (Å²) >= 11 is 0. The number of nitrogen functional groups attached to an aromatic ring is 1. The second-order valence-electron chi connectivity index (χ2n) is 3.14. The molecule has 1 aliphatic rings. The quantitative estimate of drug-likeness (QED) is 0.626. The van der Waals surface area contributed by atoms with Gasteiger partial charge in [-0.25, -0.2) is 4.79 Å². The third kappa shape index (κ3) is 1.11. The molecule has 12 heavy (non-hydrogen) atoms. The van der Waals surface area contributed by atoms with Crippen molar-refractivity contribution in [3.63, 3.8) is 0 Å². The van der Waals surface area contributed by atoms with Gasteiger partial charge in [0.1, 0.15) is 11.4 Å². The number of rotatable bonds is 0. The van der Waals surface area contributed by atoms with Crippen molar-refractivity contribution >= 4 is 5.69 Å². The monoisotopic (exact) mass is 165 g/mol. The second-order valence-corrected chi connectivity index (χ2v) is 3.14. The first kappa shape index (κ1) is 7.40. The standard InChI is InChI=1S/C9H11NO2/c10-7-5-6-3-1-2-4-8(6)12-9(7)11/h5H,1-4,10H2. The van der Waals surface area contributed by atoms with E-state index in [1.54, 1.807) is 6.07 Å². The summed E-state index contributed by atoms with van der Waals surface area (Å²) in [5.74, 6) is 0.834. The molecule has 2 rings (SSSR count). The number of hydrogen-bond acceptors (Lipinski definition) is 3. The zero-order valence-electron chi connectivity index (χ0n) is 6.80. The molecule has 0 unspecified atom stereocenters. The van der Waals surface area contributed by atoms with Gasteiger partial charge < -0.3 is 10.2 Å². The highest BCUT2D eigenvalue weighted by atomic mass is 16.4. The molecule has 3 nitrogen and oxygen atoms in total. The molecule has 0 atom stereocenters. The van der Waals surface area contributed by atoms with Crippen LogP contribution >= 0.6 is 0 Å². The van der Waals surface area contributed by atoms with Crippen LogP contribution in [-0.2, 0) is 12.8 Å². The first-order valence-corrected chi connectivity index (χ1v) is 4.19. The molecule has 0 aliphatic heterocycles.